The average Bonchev–Trinajstić information content (AvgIpc) is 2.98. The van der Waals surface area contributed by atoms with E-state index >= 15 is 0 Å². The van der Waals surface area contributed by atoms with Crippen molar-refractivity contribution in [1.82, 2.24) is 9.88 Å². The molecule has 1 atom stereocenters. The fourth-order valence-electron chi connectivity index (χ4n) is 5.16. The number of aromatic nitrogens is 1. The molecule has 2 aliphatic rings. The van der Waals surface area contributed by atoms with Gasteiger partial charge in [-0.2, -0.15) is 0 Å². The van der Waals surface area contributed by atoms with Crippen molar-refractivity contribution in [3.05, 3.63) is 94.8 Å². The van der Waals surface area contributed by atoms with Crippen LogP contribution < -0.4 is 15.8 Å². The van der Waals surface area contributed by atoms with E-state index in [4.69, 9.17) is 4.74 Å². The number of benzene rings is 3. The third kappa shape index (κ3) is 6.10. The molecule has 206 valence electrons. The minimum absolute atomic E-state index is 0.0792. The second kappa shape index (κ2) is 12.1. The lowest BCUT2D eigenvalue weighted by molar-refractivity contribution is 0.122. The SMILES string of the molecule is CN(C)[C@H](CNc1ccc2c(c1)Sc1cccc(-c3cc(N4CCOCC4)cc(=O)[nH]3)c1S2)Cc1ccccc1. The molecule has 6 nitrogen and oxygen atoms in total. The minimum Gasteiger partial charge on any atom is -0.383 e. The average molecular weight is 571 g/mol. The van der Waals surface area contributed by atoms with Gasteiger partial charge in [-0.15, -0.1) is 0 Å². The third-order valence-electron chi connectivity index (χ3n) is 7.44. The highest BCUT2D eigenvalue weighted by Gasteiger charge is 2.22. The van der Waals surface area contributed by atoms with Crippen molar-refractivity contribution in [2.45, 2.75) is 32.0 Å². The van der Waals surface area contributed by atoms with Gasteiger partial charge in [-0.05, 0) is 56.4 Å². The van der Waals surface area contributed by atoms with Gasteiger partial charge in [0, 0.05) is 68.3 Å². The molecule has 2 aliphatic heterocycles. The van der Waals surface area contributed by atoms with Crippen LogP contribution in [-0.4, -0.2) is 62.9 Å². The van der Waals surface area contributed by atoms with Gasteiger partial charge in [0.05, 0.1) is 18.9 Å². The lowest BCUT2D eigenvalue weighted by Gasteiger charge is -2.29. The topological polar surface area (TPSA) is 60.6 Å². The lowest BCUT2D eigenvalue weighted by atomic mass is 10.1. The van der Waals surface area contributed by atoms with Crippen molar-refractivity contribution in [3.63, 3.8) is 0 Å². The van der Waals surface area contributed by atoms with Gasteiger partial charge in [-0.3, -0.25) is 4.79 Å². The summed E-state index contributed by atoms with van der Waals surface area (Å²) in [6.07, 6.45) is 1.00. The number of hydrogen-bond acceptors (Lipinski definition) is 7. The van der Waals surface area contributed by atoms with Gasteiger partial charge < -0.3 is 24.8 Å². The monoisotopic (exact) mass is 570 g/mol. The van der Waals surface area contributed by atoms with Crippen LogP contribution in [-0.2, 0) is 11.2 Å². The molecular formula is C32H34N4O2S2. The molecule has 0 bridgehead atoms. The summed E-state index contributed by atoms with van der Waals surface area (Å²) < 4.78 is 5.50. The van der Waals surface area contributed by atoms with Gasteiger partial charge in [-0.1, -0.05) is 66.0 Å². The van der Waals surface area contributed by atoms with E-state index in [0.29, 0.717) is 19.3 Å². The first-order chi connectivity index (χ1) is 19.5. The maximum atomic E-state index is 12.6. The number of aromatic amines is 1. The highest BCUT2D eigenvalue weighted by Crippen LogP contribution is 2.52. The number of hydrogen-bond donors (Lipinski definition) is 2. The van der Waals surface area contributed by atoms with Crippen molar-refractivity contribution in [3.8, 4) is 11.3 Å². The summed E-state index contributed by atoms with van der Waals surface area (Å²) in [6.45, 7) is 3.83. The second-order valence-electron chi connectivity index (χ2n) is 10.4. The van der Waals surface area contributed by atoms with Crippen molar-refractivity contribution < 1.29 is 4.74 Å². The Hall–Kier alpha value is -3.17. The number of anilines is 2. The van der Waals surface area contributed by atoms with Crippen LogP contribution in [0.25, 0.3) is 11.3 Å². The molecule has 0 radical (unpaired) electrons. The molecule has 2 N–H and O–H groups in total. The Bertz CT molecular complexity index is 1530. The van der Waals surface area contributed by atoms with Crippen LogP contribution in [0.3, 0.4) is 0 Å². The number of nitrogens with one attached hydrogen (secondary N) is 2. The second-order valence-corrected chi connectivity index (χ2v) is 12.5. The number of likely N-dealkylation sites (N-methyl/N-ethyl adjacent to an activating group) is 1. The summed E-state index contributed by atoms with van der Waals surface area (Å²) in [4.78, 5) is 25.1. The van der Waals surface area contributed by atoms with Gasteiger partial charge in [-0.25, -0.2) is 0 Å². The summed E-state index contributed by atoms with van der Waals surface area (Å²) >= 11 is 3.57. The summed E-state index contributed by atoms with van der Waals surface area (Å²) in [5, 5.41) is 3.68. The molecule has 1 aromatic heterocycles. The molecule has 3 aromatic carbocycles. The van der Waals surface area contributed by atoms with Crippen molar-refractivity contribution in [1.29, 1.82) is 0 Å². The van der Waals surface area contributed by atoms with Crippen LogP contribution >= 0.6 is 23.5 Å². The molecule has 0 spiro atoms. The molecule has 4 aromatic rings. The summed E-state index contributed by atoms with van der Waals surface area (Å²) in [7, 11) is 4.29. The number of morpholine rings is 1. The largest absolute Gasteiger partial charge is 0.383 e. The molecule has 1 fully saturated rings. The Morgan fingerprint density at radius 3 is 2.55 bits per heavy atom. The Morgan fingerprint density at radius 1 is 0.925 bits per heavy atom. The molecule has 3 heterocycles. The predicted molar refractivity (Wildman–Crippen MR) is 166 cm³/mol. The van der Waals surface area contributed by atoms with E-state index in [0.717, 1.165) is 48.7 Å². The minimum atomic E-state index is -0.0792. The van der Waals surface area contributed by atoms with Crippen LogP contribution in [0.1, 0.15) is 5.56 Å². The smallest absolute Gasteiger partial charge is 0.250 e. The Balaban J connectivity index is 1.20. The zero-order chi connectivity index (χ0) is 27.5. The predicted octanol–water partition coefficient (Wildman–Crippen LogP) is 6.08. The normalized spacial score (nSPS) is 15.4. The molecule has 6 rings (SSSR count). The highest BCUT2D eigenvalue weighted by atomic mass is 32.2. The molecule has 0 aliphatic carbocycles. The maximum absolute atomic E-state index is 12.6. The highest BCUT2D eigenvalue weighted by molar-refractivity contribution is 8.05. The van der Waals surface area contributed by atoms with Gasteiger partial charge in [0.25, 0.3) is 0 Å². The Kier molecular flexibility index (Phi) is 8.20. The first-order valence-corrected chi connectivity index (χ1v) is 15.3. The Labute approximate surface area is 244 Å². The van der Waals surface area contributed by atoms with E-state index in [1.54, 1.807) is 29.6 Å². The van der Waals surface area contributed by atoms with Crippen molar-refractivity contribution in [2.24, 2.45) is 0 Å². The van der Waals surface area contributed by atoms with Crippen LogP contribution in [0.15, 0.2) is 103 Å². The maximum Gasteiger partial charge on any atom is 0.250 e. The number of nitrogens with zero attached hydrogens (tertiary/aromatic N) is 2. The summed E-state index contributed by atoms with van der Waals surface area (Å²) in [6, 6.07) is 27.9. The fraction of sp³-hybridized carbons (Fsp3) is 0.281. The first kappa shape index (κ1) is 27.0. The number of ether oxygens (including phenoxy) is 1. The van der Waals surface area contributed by atoms with Crippen molar-refractivity contribution in [2.75, 3.05) is 57.2 Å². The molecule has 1 saturated heterocycles. The fourth-order valence-corrected chi connectivity index (χ4v) is 7.57. The lowest BCUT2D eigenvalue weighted by Crippen LogP contribution is -2.36. The van der Waals surface area contributed by atoms with Crippen LogP contribution in [0, 0.1) is 0 Å². The van der Waals surface area contributed by atoms with E-state index in [-0.39, 0.29) is 5.56 Å². The molecular weight excluding hydrogens is 537 g/mol. The summed E-state index contributed by atoms with van der Waals surface area (Å²) in [5.74, 6) is 0. The molecule has 0 unspecified atom stereocenters. The number of H-pyrrole nitrogens is 1. The van der Waals surface area contributed by atoms with E-state index in [9.17, 15) is 4.79 Å². The zero-order valence-electron chi connectivity index (χ0n) is 22.9. The summed E-state index contributed by atoms with van der Waals surface area (Å²) in [5.41, 5.74) is 5.27. The number of pyridine rings is 1. The van der Waals surface area contributed by atoms with E-state index in [1.807, 2.05) is 0 Å². The van der Waals surface area contributed by atoms with Gasteiger partial charge >= 0.3 is 0 Å². The van der Waals surface area contributed by atoms with Gasteiger partial charge in [0.1, 0.15) is 0 Å². The van der Waals surface area contributed by atoms with Crippen LogP contribution in [0.2, 0.25) is 0 Å². The molecule has 0 saturated carbocycles. The van der Waals surface area contributed by atoms with Gasteiger partial charge in [0.2, 0.25) is 5.56 Å². The Morgan fingerprint density at radius 2 is 1.75 bits per heavy atom. The first-order valence-electron chi connectivity index (χ1n) is 13.7. The van der Waals surface area contributed by atoms with Crippen molar-refractivity contribution >= 4 is 34.9 Å². The number of fused-ring (bicyclic) bond motifs is 2. The van der Waals surface area contributed by atoms with E-state index < -0.39 is 0 Å². The standard InChI is InChI=1S/C32H34N4O2S2/c1-35(2)25(17-22-7-4-3-5-8-22)21-33-23-11-12-28-30(18-23)39-29-10-6-9-26(32(29)40-28)27-19-24(20-31(37)34-27)36-13-15-38-16-14-36/h3-12,18-20,25,33H,13-17,21H2,1-2H3,(H,34,37)/t25-/m0/s1. The molecule has 0 amide bonds. The number of rotatable bonds is 8. The third-order valence-corrected chi connectivity index (χ3v) is 10.0. The van der Waals surface area contributed by atoms with Crippen LogP contribution in [0.5, 0.6) is 0 Å². The van der Waals surface area contributed by atoms with E-state index in [2.05, 4.69) is 107 Å². The zero-order valence-corrected chi connectivity index (χ0v) is 24.5. The van der Waals surface area contributed by atoms with Crippen LogP contribution in [0.4, 0.5) is 11.4 Å². The van der Waals surface area contributed by atoms with Gasteiger partial charge in [0.15, 0.2) is 0 Å². The van der Waals surface area contributed by atoms with E-state index in [1.165, 1.54) is 25.1 Å². The molecule has 8 heteroatoms. The molecule has 40 heavy (non-hydrogen) atoms. The quantitative estimate of drug-likeness (QED) is 0.235.